The van der Waals surface area contributed by atoms with Crippen molar-refractivity contribution in [3.05, 3.63) is 95.0 Å². The van der Waals surface area contributed by atoms with Gasteiger partial charge in [-0.2, -0.15) is 0 Å². The second-order valence-corrected chi connectivity index (χ2v) is 9.58. The molecule has 2 aromatic carbocycles. The van der Waals surface area contributed by atoms with Gasteiger partial charge in [-0.1, -0.05) is 66.5 Å². The molecule has 32 heavy (non-hydrogen) atoms. The van der Waals surface area contributed by atoms with Crippen molar-refractivity contribution in [1.29, 1.82) is 0 Å². The Morgan fingerprint density at radius 1 is 0.906 bits per heavy atom. The van der Waals surface area contributed by atoms with E-state index in [2.05, 4.69) is 42.0 Å². The molecule has 3 nitrogen and oxygen atoms in total. The smallest absolute Gasteiger partial charge is 0.0454 e. The first-order valence-electron chi connectivity index (χ1n) is 11.4. The zero-order valence-corrected chi connectivity index (χ0v) is 20.5. The van der Waals surface area contributed by atoms with E-state index >= 15 is 0 Å². The maximum Gasteiger partial charge on any atom is 0.0454 e. The number of nitrogens with zero attached hydrogens (tertiary/aromatic N) is 2. The first kappa shape index (κ1) is 25.0. The Bertz CT molecular complexity index is 826. The van der Waals surface area contributed by atoms with Gasteiger partial charge in [-0.15, -0.1) is 13.2 Å². The van der Waals surface area contributed by atoms with Crippen LogP contribution in [0.2, 0.25) is 10.0 Å². The average Bonchev–Trinajstić information content (AvgIpc) is 2.74. The van der Waals surface area contributed by atoms with E-state index in [1.165, 1.54) is 18.5 Å². The second kappa shape index (κ2) is 12.0. The lowest BCUT2D eigenvalue weighted by molar-refractivity contribution is 0.0843. The van der Waals surface area contributed by atoms with Gasteiger partial charge in [-0.05, 0) is 54.2 Å². The van der Waals surface area contributed by atoms with Crippen molar-refractivity contribution in [3.8, 4) is 0 Å². The number of hydrogen-bond donors (Lipinski definition) is 1. The molecule has 5 heteroatoms. The fourth-order valence-corrected chi connectivity index (χ4v) is 5.02. The Morgan fingerprint density at radius 3 is 1.88 bits per heavy atom. The molecule has 0 aliphatic carbocycles. The van der Waals surface area contributed by atoms with Gasteiger partial charge in [0.15, 0.2) is 0 Å². The molecule has 2 aromatic rings. The fraction of sp³-hybridized carbons (Fsp3) is 0.407. The predicted octanol–water partition coefficient (Wildman–Crippen LogP) is 6.30. The van der Waals surface area contributed by atoms with Crippen molar-refractivity contribution in [1.82, 2.24) is 9.80 Å². The molecule has 2 fully saturated rings. The van der Waals surface area contributed by atoms with E-state index < -0.39 is 0 Å². The number of benzene rings is 2. The lowest BCUT2D eigenvalue weighted by Crippen LogP contribution is -2.52. The van der Waals surface area contributed by atoms with Crippen molar-refractivity contribution in [3.63, 3.8) is 0 Å². The number of rotatable bonds is 8. The van der Waals surface area contributed by atoms with Crippen molar-refractivity contribution in [2.75, 3.05) is 26.2 Å². The maximum atomic E-state index is 6.26. The highest BCUT2D eigenvalue weighted by Crippen LogP contribution is 2.32. The number of likely N-dealkylation sites (tertiary alicyclic amines) is 2. The van der Waals surface area contributed by atoms with Crippen molar-refractivity contribution < 1.29 is 0 Å². The normalized spacial score (nSPS) is 22.5. The van der Waals surface area contributed by atoms with Crippen LogP contribution in [0.3, 0.4) is 0 Å². The monoisotopic (exact) mass is 471 g/mol. The first-order valence-corrected chi connectivity index (χ1v) is 12.2. The Hall–Kier alpha value is -1.62. The lowest BCUT2D eigenvalue weighted by atomic mass is 9.85. The van der Waals surface area contributed by atoms with Gasteiger partial charge in [0.25, 0.3) is 0 Å². The molecule has 2 aliphatic heterocycles. The number of halogens is 2. The van der Waals surface area contributed by atoms with Crippen LogP contribution in [0.4, 0.5) is 0 Å². The minimum Gasteiger partial charge on any atom is -0.323 e. The van der Waals surface area contributed by atoms with Gasteiger partial charge in [0.1, 0.15) is 0 Å². The van der Waals surface area contributed by atoms with Crippen LogP contribution in [0, 0.1) is 0 Å². The Kier molecular flexibility index (Phi) is 9.39. The largest absolute Gasteiger partial charge is 0.323 e. The first-order chi connectivity index (χ1) is 15.4. The molecule has 0 saturated carbocycles. The highest BCUT2D eigenvalue weighted by Gasteiger charge is 2.33. The molecule has 0 aromatic heterocycles. The molecule has 0 amide bonds. The zero-order chi connectivity index (χ0) is 23.1. The van der Waals surface area contributed by atoms with E-state index in [9.17, 15) is 0 Å². The molecule has 0 radical (unpaired) electrons. The minimum absolute atomic E-state index is 0.0485. The van der Waals surface area contributed by atoms with Gasteiger partial charge in [-0.3, -0.25) is 9.80 Å². The van der Waals surface area contributed by atoms with E-state index in [0.29, 0.717) is 18.0 Å². The molecule has 172 valence electrons. The number of nitrogens with two attached hydrogens (primary N) is 1. The third kappa shape index (κ3) is 6.24. The molecule has 0 unspecified atom stereocenters. The Labute approximate surface area is 203 Å². The highest BCUT2D eigenvalue weighted by atomic mass is 35.5. The Morgan fingerprint density at radius 2 is 1.41 bits per heavy atom. The van der Waals surface area contributed by atoms with Gasteiger partial charge in [-0.25, -0.2) is 0 Å². The van der Waals surface area contributed by atoms with Crippen molar-refractivity contribution in [2.45, 2.75) is 43.8 Å². The lowest BCUT2D eigenvalue weighted by Gasteiger charge is -2.44. The van der Waals surface area contributed by atoms with Crippen LogP contribution in [0.15, 0.2) is 73.8 Å². The van der Waals surface area contributed by atoms with Crippen LogP contribution in [-0.2, 0) is 0 Å². The molecular formula is C27H35Cl2N3. The second-order valence-electron chi connectivity index (χ2n) is 8.70. The molecule has 0 bridgehead atoms. The fourth-order valence-electron chi connectivity index (χ4n) is 4.63. The van der Waals surface area contributed by atoms with Crippen LogP contribution < -0.4 is 5.73 Å². The van der Waals surface area contributed by atoms with Crippen LogP contribution in [0.5, 0.6) is 0 Å². The Balaban J connectivity index is 0.000000181. The predicted molar refractivity (Wildman–Crippen MR) is 139 cm³/mol. The summed E-state index contributed by atoms with van der Waals surface area (Å²) in [5.74, 6) is 0.549. The van der Waals surface area contributed by atoms with E-state index in [1.807, 2.05) is 48.6 Å². The van der Waals surface area contributed by atoms with Gasteiger partial charge in [0.05, 0.1) is 0 Å². The molecule has 2 saturated heterocycles. The molecule has 4 rings (SSSR count). The van der Waals surface area contributed by atoms with E-state index in [1.54, 1.807) is 0 Å². The van der Waals surface area contributed by atoms with Gasteiger partial charge < -0.3 is 5.73 Å². The summed E-state index contributed by atoms with van der Waals surface area (Å²) >= 11 is 12.0. The minimum atomic E-state index is 0.0485. The van der Waals surface area contributed by atoms with Crippen LogP contribution in [-0.4, -0.2) is 48.1 Å². The average molecular weight is 473 g/mol. The summed E-state index contributed by atoms with van der Waals surface area (Å²) in [6.07, 6.45) is 6.34. The topological polar surface area (TPSA) is 32.5 Å². The van der Waals surface area contributed by atoms with E-state index in [0.717, 1.165) is 41.7 Å². The van der Waals surface area contributed by atoms with Crippen molar-refractivity contribution in [2.24, 2.45) is 5.73 Å². The van der Waals surface area contributed by atoms with Crippen LogP contribution in [0.1, 0.15) is 42.9 Å². The van der Waals surface area contributed by atoms with Crippen LogP contribution in [0.25, 0.3) is 0 Å². The van der Waals surface area contributed by atoms with Crippen molar-refractivity contribution >= 4 is 23.2 Å². The molecule has 4 atom stereocenters. The summed E-state index contributed by atoms with van der Waals surface area (Å²) < 4.78 is 0. The third-order valence-electron chi connectivity index (χ3n) is 6.69. The summed E-state index contributed by atoms with van der Waals surface area (Å²) in [4.78, 5) is 4.82. The van der Waals surface area contributed by atoms with E-state index in [4.69, 9.17) is 28.9 Å². The highest BCUT2D eigenvalue weighted by molar-refractivity contribution is 6.30. The molecule has 2 heterocycles. The number of hydrogen-bond acceptors (Lipinski definition) is 3. The SMILES string of the molecule is C=CCN1CC[C@H]1[C@@H](C)c1cccc(Cl)c1.C=CCN1CC[C@H]1[C@@H](N)c1cccc(Cl)c1. The summed E-state index contributed by atoms with van der Waals surface area (Å²) in [6, 6.07) is 17.2. The summed E-state index contributed by atoms with van der Waals surface area (Å²) in [5.41, 5.74) is 8.71. The maximum absolute atomic E-state index is 6.26. The van der Waals surface area contributed by atoms with Gasteiger partial charge in [0.2, 0.25) is 0 Å². The van der Waals surface area contributed by atoms with Crippen LogP contribution >= 0.6 is 23.2 Å². The molecule has 2 N–H and O–H groups in total. The summed E-state index contributed by atoms with van der Waals surface area (Å²) in [6.45, 7) is 14.1. The zero-order valence-electron chi connectivity index (χ0n) is 19.0. The van der Waals surface area contributed by atoms with Gasteiger partial charge >= 0.3 is 0 Å². The molecule has 0 spiro atoms. The third-order valence-corrected chi connectivity index (χ3v) is 7.16. The standard InChI is InChI=1S/C14H18ClN.C13H17ClN2/c1-3-8-16-9-7-14(16)11(2)12-5-4-6-13(15)10-12;1-2-7-16-8-6-12(16)13(15)10-4-3-5-11(14)9-10/h3-6,10-11,14H,1,7-9H2,2H3;2-5,9,12-13H,1,6-8,15H2/t11-,14-;12-,13-/m00/s1. The molecule has 2 aliphatic rings. The summed E-state index contributed by atoms with van der Waals surface area (Å²) in [7, 11) is 0. The van der Waals surface area contributed by atoms with E-state index in [-0.39, 0.29) is 6.04 Å². The molecular weight excluding hydrogens is 437 g/mol. The summed E-state index contributed by atoms with van der Waals surface area (Å²) in [5, 5.41) is 1.58. The quantitative estimate of drug-likeness (QED) is 0.458. The van der Waals surface area contributed by atoms with Gasteiger partial charge in [0, 0.05) is 54.3 Å².